The van der Waals surface area contributed by atoms with Crippen molar-refractivity contribution < 1.29 is 14.9 Å². The van der Waals surface area contributed by atoms with Crippen LogP contribution in [0.2, 0.25) is 0 Å². The van der Waals surface area contributed by atoms with Crippen molar-refractivity contribution in [3.05, 3.63) is 20.3 Å². The maximum Gasteiger partial charge on any atom is 0.351 e. The Hall–Kier alpha value is -0.710. The first-order valence-corrected chi connectivity index (χ1v) is 6.09. The van der Waals surface area contributed by atoms with Crippen molar-refractivity contribution in [2.24, 2.45) is 0 Å². The number of aliphatic hydroxyl groups is 2. The van der Waals surface area contributed by atoms with Crippen LogP contribution in [-0.2, 0) is 4.74 Å². The van der Waals surface area contributed by atoms with Crippen molar-refractivity contribution in [1.29, 1.82) is 0 Å². The Morgan fingerprint density at radius 3 is 3.00 bits per heavy atom. The van der Waals surface area contributed by atoms with Gasteiger partial charge in [0.2, 0.25) is 0 Å². The number of anilines is 1. The van der Waals surface area contributed by atoms with Crippen molar-refractivity contribution in [3.8, 4) is 0 Å². The van der Waals surface area contributed by atoms with Crippen molar-refractivity contribution in [2.75, 3.05) is 12.3 Å². The Morgan fingerprint density at radius 1 is 1.71 bits per heavy atom. The fourth-order valence-corrected chi connectivity index (χ4v) is 2.13. The molecule has 0 aromatic carbocycles. The maximum absolute atomic E-state index is 11.6. The molecule has 1 fully saturated rings. The first-order chi connectivity index (χ1) is 8.02. The van der Waals surface area contributed by atoms with E-state index in [2.05, 4.69) is 4.98 Å². The lowest BCUT2D eigenvalue weighted by Crippen LogP contribution is -2.28. The van der Waals surface area contributed by atoms with Crippen molar-refractivity contribution in [1.82, 2.24) is 9.55 Å². The predicted molar refractivity (Wildman–Crippen MR) is 67.2 cm³/mol. The van der Waals surface area contributed by atoms with Gasteiger partial charge in [0.25, 0.3) is 0 Å². The second kappa shape index (κ2) is 4.88. The van der Waals surface area contributed by atoms with Gasteiger partial charge < -0.3 is 20.7 Å². The summed E-state index contributed by atoms with van der Waals surface area (Å²) in [6.45, 7) is -0.286. The molecule has 94 valence electrons. The summed E-state index contributed by atoms with van der Waals surface area (Å²) in [7, 11) is 0. The van der Waals surface area contributed by atoms with E-state index in [1.807, 2.05) is 22.6 Å². The van der Waals surface area contributed by atoms with Crippen LogP contribution in [-0.4, -0.2) is 38.6 Å². The van der Waals surface area contributed by atoms with E-state index in [1.165, 1.54) is 10.8 Å². The minimum absolute atomic E-state index is 0.170. The van der Waals surface area contributed by atoms with Crippen molar-refractivity contribution >= 4 is 28.4 Å². The number of nitrogen functional groups attached to an aromatic ring is 1. The number of hydrogen-bond donors (Lipinski definition) is 3. The van der Waals surface area contributed by atoms with Crippen LogP contribution in [0.15, 0.2) is 11.0 Å². The van der Waals surface area contributed by atoms with Gasteiger partial charge in [-0.25, -0.2) is 4.79 Å². The van der Waals surface area contributed by atoms with Gasteiger partial charge in [-0.3, -0.25) is 4.57 Å². The quantitative estimate of drug-likeness (QED) is 0.593. The summed E-state index contributed by atoms with van der Waals surface area (Å²) < 4.78 is 7.27. The molecule has 0 amide bonds. The van der Waals surface area contributed by atoms with Gasteiger partial charge in [0.15, 0.2) is 0 Å². The molecule has 0 radical (unpaired) electrons. The Morgan fingerprint density at radius 2 is 2.41 bits per heavy atom. The van der Waals surface area contributed by atoms with Crippen LogP contribution in [0, 0.1) is 3.57 Å². The number of rotatable bonds is 2. The van der Waals surface area contributed by atoms with E-state index in [9.17, 15) is 9.90 Å². The number of aliphatic hydroxyl groups excluding tert-OH is 2. The Kier molecular flexibility index (Phi) is 3.66. The maximum atomic E-state index is 11.6. The monoisotopic (exact) mass is 353 g/mol. The lowest BCUT2D eigenvalue weighted by atomic mass is 10.2. The van der Waals surface area contributed by atoms with Crippen LogP contribution in [0.3, 0.4) is 0 Å². The fraction of sp³-hybridized carbons (Fsp3) is 0.556. The first kappa shape index (κ1) is 12.7. The Labute approximate surface area is 110 Å². The number of nitrogens with zero attached hydrogens (tertiary/aromatic N) is 2. The highest BCUT2D eigenvalue weighted by molar-refractivity contribution is 14.1. The van der Waals surface area contributed by atoms with E-state index in [-0.39, 0.29) is 18.8 Å². The minimum atomic E-state index is -0.785. The van der Waals surface area contributed by atoms with Crippen molar-refractivity contribution in [3.63, 3.8) is 0 Å². The summed E-state index contributed by atoms with van der Waals surface area (Å²) in [5.41, 5.74) is 4.98. The lowest BCUT2D eigenvalue weighted by Gasteiger charge is -2.14. The molecular formula is C9H12IN3O4. The van der Waals surface area contributed by atoms with Crippen LogP contribution in [0.5, 0.6) is 0 Å². The zero-order valence-corrected chi connectivity index (χ0v) is 10.9. The average molecular weight is 353 g/mol. The number of halogens is 1. The molecule has 1 aliphatic rings. The molecule has 0 bridgehead atoms. The van der Waals surface area contributed by atoms with Gasteiger partial charge in [0.05, 0.1) is 16.3 Å². The van der Waals surface area contributed by atoms with Gasteiger partial charge >= 0.3 is 5.69 Å². The SMILES string of the molecule is Nc1nc(=O)n([C@H]2CC(O)C(CO)O2)cc1I. The lowest BCUT2D eigenvalue weighted by molar-refractivity contribution is -0.0459. The molecular weight excluding hydrogens is 341 g/mol. The first-order valence-electron chi connectivity index (χ1n) is 5.01. The normalized spacial score (nSPS) is 28.5. The molecule has 0 aliphatic carbocycles. The number of ether oxygens (including phenoxy) is 1. The van der Waals surface area contributed by atoms with Gasteiger partial charge in [-0.2, -0.15) is 4.98 Å². The standard InChI is InChI=1S/C9H12IN3O4/c10-4-2-13(9(16)12-8(4)11)7-1-5(15)6(3-14)17-7/h2,5-7,14-15H,1,3H2,(H2,11,12,16)/t5?,6?,7-/m1/s1. The largest absolute Gasteiger partial charge is 0.394 e. The highest BCUT2D eigenvalue weighted by Gasteiger charge is 2.35. The van der Waals surface area contributed by atoms with Crippen LogP contribution in [0.1, 0.15) is 12.6 Å². The van der Waals surface area contributed by atoms with Crippen LogP contribution in [0.25, 0.3) is 0 Å². The molecule has 4 N–H and O–H groups in total. The molecule has 0 saturated carbocycles. The molecule has 3 atom stereocenters. The molecule has 1 saturated heterocycles. The average Bonchev–Trinajstić information content (AvgIpc) is 2.65. The van der Waals surface area contributed by atoms with Gasteiger partial charge in [-0.05, 0) is 22.6 Å². The van der Waals surface area contributed by atoms with E-state index in [4.69, 9.17) is 15.6 Å². The fourth-order valence-electron chi connectivity index (χ4n) is 1.71. The Balaban J connectivity index is 2.30. The van der Waals surface area contributed by atoms with E-state index in [0.29, 0.717) is 3.57 Å². The topological polar surface area (TPSA) is 111 Å². The van der Waals surface area contributed by atoms with Gasteiger partial charge in [0, 0.05) is 12.6 Å². The highest BCUT2D eigenvalue weighted by Crippen LogP contribution is 2.27. The summed E-state index contributed by atoms with van der Waals surface area (Å²) in [6, 6.07) is 0. The van der Waals surface area contributed by atoms with E-state index >= 15 is 0 Å². The van der Waals surface area contributed by atoms with Crippen LogP contribution >= 0.6 is 22.6 Å². The van der Waals surface area contributed by atoms with Crippen molar-refractivity contribution in [2.45, 2.75) is 24.9 Å². The molecule has 2 rings (SSSR count). The Bertz CT molecular complexity index is 478. The second-order valence-corrected chi connectivity index (χ2v) is 4.94. The highest BCUT2D eigenvalue weighted by atomic mass is 127. The summed E-state index contributed by atoms with van der Waals surface area (Å²) in [5.74, 6) is 0.170. The minimum Gasteiger partial charge on any atom is -0.394 e. The molecule has 0 spiro atoms. The number of hydrogen-bond acceptors (Lipinski definition) is 6. The summed E-state index contributed by atoms with van der Waals surface area (Å²) in [4.78, 5) is 15.3. The molecule has 2 heterocycles. The summed E-state index contributed by atoms with van der Waals surface area (Å²) >= 11 is 1.96. The summed E-state index contributed by atoms with van der Waals surface area (Å²) in [6.07, 6.45) is -0.291. The smallest absolute Gasteiger partial charge is 0.351 e. The third-order valence-corrected chi connectivity index (χ3v) is 3.46. The number of nitrogens with two attached hydrogens (primary N) is 1. The van der Waals surface area contributed by atoms with Gasteiger partial charge in [0.1, 0.15) is 18.1 Å². The zero-order valence-electron chi connectivity index (χ0n) is 8.78. The van der Waals surface area contributed by atoms with E-state index in [0.717, 1.165) is 0 Å². The molecule has 1 aromatic rings. The third-order valence-electron chi connectivity index (χ3n) is 2.63. The molecule has 8 heteroatoms. The van der Waals surface area contributed by atoms with E-state index < -0.39 is 24.1 Å². The van der Waals surface area contributed by atoms with Crippen LogP contribution < -0.4 is 11.4 Å². The molecule has 2 unspecified atom stereocenters. The van der Waals surface area contributed by atoms with Gasteiger partial charge in [-0.15, -0.1) is 0 Å². The van der Waals surface area contributed by atoms with Crippen LogP contribution in [0.4, 0.5) is 5.82 Å². The summed E-state index contributed by atoms with van der Waals surface area (Å²) in [5, 5.41) is 18.5. The molecule has 17 heavy (non-hydrogen) atoms. The van der Waals surface area contributed by atoms with Gasteiger partial charge in [-0.1, -0.05) is 0 Å². The molecule has 1 aliphatic heterocycles. The second-order valence-electron chi connectivity index (χ2n) is 3.78. The third kappa shape index (κ3) is 2.44. The zero-order chi connectivity index (χ0) is 12.6. The van der Waals surface area contributed by atoms with E-state index in [1.54, 1.807) is 0 Å². The molecule has 7 nitrogen and oxygen atoms in total. The predicted octanol–water partition coefficient (Wildman–Crippen LogP) is -0.929. The number of aromatic nitrogens is 2. The molecule has 1 aromatic heterocycles.